The number of hydrogen-bond donors (Lipinski definition) is 2. The van der Waals surface area contributed by atoms with E-state index in [0.29, 0.717) is 29.7 Å². The Balaban J connectivity index is 2.23. The smallest absolute Gasteiger partial charge is 0.291 e. The van der Waals surface area contributed by atoms with E-state index in [9.17, 15) is 4.79 Å². The molecule has 3 N–H and O–H groups in total. The Morgan fingerprint density at radius 2 is 2.39 bits per heavy atom. The zero-order valence-corrected chi connectivity index (χ0v) is 11.3. The minimum atomic E-state index is -0.152. The molecule has 2 rings (SSSR count). The molecular formula is C12H19ClN4O. The number of nitrogens with one attached hydrogen (secondary N) is 1. The Hall–Kier alpha value is -1.07. The van der Waals surface area contributed by atoms with Gasteiger partial charge in [-0.05, 0) is 25.2 Å². The summed E-state index contributed by atoms with van der Waals surface area (Å²) in [5, 5.41) is 7.56. The van der Waals surface area contributed by atoms with Crippen LogP contribution in [0.4, 0.5) is 5.69 Å². The van der Waals surface area contributed by atoms with E-state index in [-0.39, 0.29) is 11.6 Å². The van der Waals surface area contributed by atoms with Crippen LogP contribution in [0.25, 0.3) is 0 Å². The van der Waals surface area contributed by atoms with Gasteiger partial charge >= 0.3 is 0 Å². The normalized spacial score (nSPS) is 16.6. The molecular weight excluding hydrogens is 252 g/mol. The monoisotopic (exact) mass is 270 g/mol. The van der Waals surface area contributed by atoms with E-state index < -0.39 is 0 Å². The molecule has 1 saturated carbocycles. The molecule has 100 valence electrons. The molecule has 1 unspecified atom stereocenters. The average Bonchev–Trinajstić information content (AvgIpc) is 3.17. The van der Waals surface area contributed by atoms with Gasteiger partial charge in [0.1, 0.15) is 5.69 Å². The first-order valence-corrected chi connectivity index (χ1v) is 6.75. The van der Waals surface area contributed by atoms with Crippen LogP contribution in [-0.2, 0) is 6.54 Å². The van der Waals surface area contributed by atoms with E-state index in [1.807, 2.05) is 6.92 Å². The number of halogens is 1. The molecule has 1 heterocycles. The van der Waals surface area contributed by atoms with Crippen molar-refractivity contribution < 1.29 is 0 Å². The maximum absolute atomic E-state index is 12.2. The van der Waals surface area contributed by atoms with Crippen molar-refractivity contribution in [1.82, 2.24) is 9.78 Å². The molecule has 5 nitrogen and oxygen atoms in total. The van der Waals surface area contributed by atoms with Crippen LogP contribution in [0.2, 0.25) is 5.02 Å². The fourth-order valence-corrected chi connectivity index (χ4v) is 1.99. The Labute approximate surface area is 111 Å². The second-order valence-corrected chi connectivity index (χ2v) is 5.19. The zero-order valence-electron chi connectivity index (χ0n) is 10.5. The van der Waals surface area contributed by atoms with Gasteiger partial charge in [0.05, 0.1) is 11.2 Å². The molecule has 1 aromatic heterocycles. The van der Waals surface area contributed by atoms with Crippen LogP contribution < -0.4 is 16.6 Å². The van der Waals surface area contributed by atoms with Crippen molar-refractivity contribution in [3.8, 4) is 0 Å². The first-order valence-electron chi connectivity index (χ1n) is 6.38. The number of aromatic nitrogens is 2. The van der Waals surface area contributed by atoms with Gasteiger partial charge < -0.3 is 11.1 Å². The molecule has 0 spiro atoms. The molecule has 1 aromatic rings. The standard InChI is InChI=1S/C12H19ClN4O/c1-2-9(5-14)16-11-10(13)6-15-17(12(11)18)7-8-3-4-8/h6,8-9,16H,2-5,7,14H2,1H3. The van der Waals surface area contributed by atoms with Gasteiger partial charge in [-0.3, -0.25) is 4.79 Å². The van der Waals surface area contributed by atoms with E-state index in [2.05, 4.69) is 10.4 Å². The van der Waals surface area contributed by atoms with Crippen molar-refractivity contribution in [3.63, 3.8) is 0 Å². The third kappa shape index (κ3) is 3.03. The number of rotatable bonds is 6. The highest BCUT2D eigenvalue weighted by Crippen LogP contribution is 2.30. The molecule has 1 fully saturated rings. The van der Waals surface area contributed by atoms with Crippen LogP contribution in [0.1, 0.15) is 26.2 Å². The number of hydrogen-bond acceptors (Lipinski definition) is 4. The van der Waals surface area contributed by atoms with Crippen LogP contribution in [0.3, 0.4) is 0 Å². The van der Waals surface area contributed by atoms with Gasteiger partial charge in [0.15, 0.2) is 0 Å². The lowest BCUT2D eigenvalue weighted by molar-refractivity contribution is 0.533. The molecule has 0 bridgehead atoms. The summed E-state index contributed by atoms with van der Waals surface area (Å²) in [6.45, 7) is 3.17. The summed E-state index contributed by atoms with van der Waals surface area (Å²) >= 11 is 6.03. The van der Waals surface area contributed by atoms with Crippen molar-refractivity contribution in [2.24, 2.45) is 11.7 Å². The summed E-state index contributed by atoms with van der Waals surface area (Å²) in [6, 6.07) is 0.0620. The van der Waals surface area contributed by atoms with E-state index >= 15 is 0 Å². The topological polar surface area (TPSA) is 72.9 Å². The fraction of sp³-hybridized carbons (Fsp3) is 0.667. The Morgan fingerprint density at radius 1 is 1.67 bits per heavy atom. The van der Waals surface area contributed by atoms with Gasteiger partial charge in [-0.1, -0.05) is 18.5 Å². The van der Waals surface area contributed by atoms with E-state index in [4.69, 9.17) is 17.3 Å². The minimum Gasteiger partial charge on any atom is -0.375 e. The maximum atomic E-state index is 12.2. The number of anilines is 1. The van der Waals surface area contributed by atoms with Gasteiger partial charge in [-0.15, -0.1) is 0 Å². The van der Waals surface area contributed by atoms with Crippen LogP contribution in [0, 0.1) is 5.92 Å². The predicted octanol–water partition coefficient (Wildman–Crippen LogP) is 1.46. The summed E-state index contributed by atoms with van der Waals surface area (Å²) in [4.78, 5) is 12.2. The van der Waals surface area contributed by atoms with E-state index in [1.54, 1.807) is 0 Å². The largest absolute Gasteiger partial charge is 0.375 e. The molecule has 18 heavy (non-hydrogen) atoms. The molecule has 0 saturated heterocycles. The first kappa shape index (κ1) is 13.4. The van der Waals surface area contributed by atoms with Gasteiger partial charge in [0, 0.05) is 19.1 Å². The first-order chi connectivity index (χ1) is 8.65. The number of nitrogens with two attached hydrogens (primary N) is 1. The van der Waals surface area contributed by atoms with Crippen LogP contribution >= 0.6 is 11.6 Å². The van der Waals surface area contributed by atoms with Crippen molar-refractivity contribution in [1.29, 1.82) is 0 Å². The third-order valence-corrected chi connectivity index (χ3v) is 3.54. The maximum Gasteiger partial charge on any atom is 0.291 e. The quantitative estimate of drug-likeness (QED) is 0.821. The van der Waals surface area contributed by atoms with Crippen molar-refractivity contribution in [3.05, 3.63) is 21.6 Å². The highest BCUT2D eigenvalue weighted by Gasteiger charge is 2.23. The minimum absolute atomic E-state index is 0.0620. The Bertz CT molecular complexity index is 466. The predicted molar refractivity (Wildman–Crippen MR) is 73.0 cm³/mol. The van der Waals surface area contributed by atoms with Crippen LogP contribution in [-0.4, -0.2) is 22.4 Å². The second kappa shape index (κ2) is 5.71. The number of nitrogens with zero attached hydrogens (tertiary/aromatic N) is 2. The third-order valence-electron chi connectivity index (χ3n) is 3.25. The highest BCUT2D eigenvalue weighted by molar-refractivity contribution is 6.33. The molecule has 1 aliphatic rings. The second-order valence-electron chi connectivity index (χ2n) is 4.78. The van der Waals surface area contributed by atoms with Crippen molar-refractivity contribution in [2.75, 3.05) is 11.9 Å². The van der Waals surface area contributed by atoms with Gasteiger partial charge in [-0.25, -0.2) is 4.68 Å². The molecule has 1 aliphatic carbocycles. The van der Waals surface area contributed by atoms with Gasteiger partial charge in [0.25, 0.3) is 5.56 Å². The summed E-state index contributed by atoms with van der Waals surface area (Å²) < 4.78 is 1.50. The summed E-state index contributed by atoms with van der Waals surface area (Å²) in [7, 11) is 0. The summed E-state index contributed by atoms with van der Waals surface area (Å²) in [6.07, 6.45) is 4.73. The van der Waals surface area contributed by atoms with E-state index in [1.165, 1.54) is 23.7 Å². The molecule has 1 atom stereocenters. The molecule has 0 amide bonds. The van der Waals surface area contributed by atoms with Crippen molar-refractivity contribution >= 4 is 17.3 Å². The van der Waals surface area contributed by atoms with Gasteiger partial charge in [0.2, 0.25) is 0 Å². The Morgan fingerprint density at radius 3 is 2.94 bits per heavy atom. The van der Waals surface area contributed by atoms with Crippen LogP contribution in [0.5, 0.6) is 0 Å². The average molecular weight is 271 g/mol. The lowest BCUT2D eigenvalue weighted by Crippen LogP contribution is -2.33. The Kier molecular flexibility index (Phi) is 4.24. The summed E-state index contributed by atoms with van der Waals surface area (Å²) in [5.74, 6) is 0.598. The van der Waals surface area contributed by atoms with E-state index in [0.717, 1.165) is 6.42 Å². The molecule has 0 aromatic carbocycles. The fourth-order valence-electron chi connectivity index (χ4n) is 1.81. The van der Waals surface area contributed by atoms with Crippen LogP contribution in [0.15, 0.2) is 11.0 Å². The lowest BCUT2D eigenvalue weighted by atomic mass is 10.2. The zero-order chi connectivity index (χ0) is 13.1. The molecule has 0 radical (unpaired) electrons. The van der Waals surface area contributed by atoms with Crippen molar-refractivity contribution in [2.45, 2.75) is 38.8 Å². The molecule has 6 heteroatoms. The summed E-state index contributed by atoms with van der Waals surface area (Å²) in [5.41, 5.74) is 5.90. The highest BCUT2D eigenvalue weighted by atomic mass is 35.5. The molecule has 0 aliphatic heterocycles. The SMILES string of the molecule is CCC(CN)Nc1c(Cl)cnn(CC2CC2)c1=O. The van der Waals surface area contributed by atoms with Gasteiger partial charge in [-0.2, -0.15) is 5.10 Å². The lowest BCUT2D eigenvalue weighted by Gasteiger charge is -2.17.